The molecule has 0 saturated carbocycles. The molecule has 1 aromatic carbocycles. The summed E-state index contributed by atoms with van der Waals surface area (Å²) < 4.78 is 0. The largest absolute Gasteiger partial charge is 0.356 e. The number of hydrogen-bond acceptors (Lipinski definition) is 2. The molecule has 0 amide bonds. The van der Waals surface area contributed by atoms with Gasteiger partial charge in [0.1, 0.15) is 6.17 Å². The normalized spacial score (nSPS) is 15.9. The van der Waals surface area contributed by atoms with E-state index >= 15 is 0 Å². The van der Waals surface area contributed by atoms with E-state index < -0.39 is 0 Å². The SMILES string of the molecule is CCCCCCCCCCCCCN1C=CN(c2ccccc2)C1CCCCCCC. The maximum atomic E-state index is 2.61. The molecule has 1 heterocycles. The molecule has 1 aliphatic rings. The monoisotopic (exact) mass is 426 g/mol. The first-order valence-corrected chi connectivity index (χ1v) is 13.6. The quantitative estimate of drug-likeness (QED) is 0.203. The highest BCUT2D eigenvalue weighted by atomic mass is 15.4. The van der Waals surface area contributed by atoms with E-state index in [-0.39, 0.29) is 0 Å². The van der Waals surface area contributed by atoms with E-state index in [1.54, 1.807) is 0 Å². The standard InChI is InChI=1S/C29H50N2/c1-3-5-7-9-10-11-12-13-14-16-21-25-30-26-27-31(28-22-18-17-19-23-28)29(30)24-20-15-8-6-4-2/h17-19,22-23,26-27,29H,3-16,20-21,24-25H2,1-2H3. The van der Waals surface area contributed by atoms with Crippen LogP contribution in [0.1, 0.15) is 123 Å². The lowest BCUT2D eigenvalue weighted by molar-refractivity contribution is 0.273. The van der Waals surface area contributed by atoms with Gasteiger partial charge in [0.05, 0.1) is 0 Å². The van der Waals surface area contributed by atoms with Crippen molar-refractivity contribution in [2.75, 3.05) is 11.4 Å². The zero-order valence-corrected chi connectivity index (χ0v) is 20.7. The van der Waals surface area contributed by atoms with Crippen molar-refractivity contribution in [3.8, 4) is 0 Å². The zero-order chi connectivity index (χ0) is 22.0. The molecule has 1 aliphatic heterocycles. The van der Waals surface area contributed by atoms with Crippen molar-refractivity contribution in [3.05, 3.63) is 42.7 Å². The summed E-state index contributed by atoms with van der Waals surface area (Å²) >= 11 is 0. The Morgan fingerprint density at radius 2 is 1.10 bits per heavy atom. The summed E-state index contributed by atoms with van der Waals surface area (Å²) in [6.07, 6.45) is 28.8. The summed E-state index contributed by atoms with van der Waals surface area (Å²) in [4.78, 5) is 5.11. The summed E-state index contributed by atoms with van der Waals surface area (Å²) in [5.41, 5.74) is 1.33. The summed E-state index contributed by atoms with van der Waals surface area (Å²) in [5, 5.41) is 0. The lowest BCUT2D eigenvalue weighted by atomic mass is 10.1. The predicted molar refractivity (Wildman–Crippen MR) is 138 cm³/mol. The molecule has 2 heteroatoms. The molecule has 1 atom stereocenters. The van der Waals surface area contributed by atoms with Gasteiger partial charge in [-0.05, 0) is 31.4 Å². The third-order valence-corrected chi connectivity index (χ3v) is 6.76. The minimum absolute atomic E-state index is 0.507. The zero-order valence-electron chi connectivity index (χ0n) is 20.7. The van der Waals surface area contributed by atoms with Gasteiger partial charge < -0.3 is 9.80 Å². The topological polar surface area (TPSA) is 6.48 Å². The molecule has 0 radical (unpaired) electrons. The molecule has 0 bridgehead atoms. The van der Waals surface area contributed by atoms with Gasteiger partial charge in [0.15, 0.2) is 0 Å². The highest BCUT2D eigenvalue weighted by molar-refractivity contribution is 5.51. The minimum atomic E-state index is 0.507. The number of benzene rings is 1. The lowest BCUT2D eigenvalue weighted by Gasteiger charge is -2.33. The third-order valence-electron chi connectivity index (χ3n) is 6.76. The predicted octanol–water partition coefficient (Wildman–Crippen LogP) is 9.28. The second-order valence-corrected chi connectivity index (χ2v) is 9.50. The first-order valence-electron chi connectivity index (χ1n) is 13.6. The Hall–Kier alpha value is -1.44. The highest BCUT2D eigenvalue weighted by Crippen LogP contribution is 2.28. The van der Waals surface area contributed by atoms with Crippen molar-refractivity contribution in [2.45, 2.75) is 129 Å². The average Bonchev–Trinajstić information content (AvgIpc) is 3.20. The molecular weight excluding hydrogens is 376 g/mol. The molecule has 0 aromatic heterocycles. The fourth-order valence-corrected chi connectivity index (χ4v) is 4.79. The highest BCUT2D eigenvalue weighted by Gasteiger charge is 2.26. The first kappa shape index (κ1) is 25.8. The number of anilines is 1. The molecule has 31 heavy (non-hydrogen) atoms. The van der Waals surface area contributed by atoms with Crippen LogP contribution in [-0.2, 0) is 0 Å². The van der Waals surface area contributed by atoms with Crippen LogP contribution in [0.15, 0.2) is 42.7 Å². The van der Waals surface area contributed by atoms with Crippen molar-refractivity contribution in [3.63, 3.8) is 0 Å². The van der Waals surface area contributed by atoms with Gasteiger partial charge in [0, 0.05) is 24.6 Å². The van der Waals surface area contributed by atoms with E-state index in [1.165, 1.54) is 121 Å². The van der Waals surface area contributed by atoms with Gasteiger partial charge in [-0.25, -0.2) is 0 Å². The van der Waals surface area contributed by atoms with Crippen LogP contribution in [0, 0.1) is 0 Å². The number of nitrogens with zero attached hydrogens (tertiary/aromatic N) is 2. The van der Waals surface area contributed by atoms with Crippen molar-refractivity contribution in [1.29, 1.82) is 0 Å². The number of unbranched alkanes of at least 4 members (excludes halogenated alkanes) is 14. The van der Waals surface area contributed by atoms with Gasteiger partial charge in [0.25, 0.3) is 0 Å². The van der Waals surface area contributed by atoms with Crippen LogP contribution >= 0.6 is 0 Å². The number of hydrogen-bond donors (Lipinski definition) is 0. The molecule has 2 nitrogen and oxygen atoms in total. The van der Waals surface area contributed by atoms with Crippen molar-refractivity contribution in [1.82, 2.24) is 4.90 Å². The summed E-state index contributed by atoms with van der Waals surface area (Å²) in [6.45, 7) is 5.80. The Labute approximate surface area is 194 Å². The fourth-order valence-electron chi connectivity index (χ4n) is 4.79. The Bertz CT molecular complexity index is 553. The molecule has 0 aliphatic carbocycles. The van der Waals surface area contributed by atoms with Gasteiger partial charge in [-0.1, -0.05) is 122 Å². The van der Waals surface area contributed by atoms with E-state index in [2.05, 4.69) is 66.4 Å². The van der Waals surface area contributed by atoms with Crippen molar-refractivity contribution < 1.29 is 0 Å². The van der Waals surface area contributed by atoms with Gasteiger partial charge in [0.2, 0.25) is 0 Å². The smallest absolute Gasteiger partial charge is 0.105 e. The van der Waals surface area contributed by atoms with E-state index in [0.29, 0.717) is 6.17 Å². The number of para-hydroxylation sites is 1. The molecular formula is C29H50N2. The molecule has 1 aromatic rings. The Kier molecular flexibility index (Phi) is 14.3. The second-order valence-electron chi connectivity index (χ2n) is 9.50. The minimum Gasteiger partial charge on any atom is -0.356 e. The van der Waals surface area contributed by atoms with Gasteiger partial charge in [-0.3, -0.25) is 0 Å². The van der Waals surface area contributed by atoms with E-state index in [1.807, 2.05) is 0 Å². The Morgan fingerprint density at radius 3 is 1.68 bits per heavy atom. The lowest BCUT2D eigenvalue weighted by Crippen LogP contribution is -2.39. The molecule has 1 unspecified atom stereocenters. The average molecular weight is 427 g/mol. The van der Waals surface area contributed by atoms with Gasteiger partial charge in [-0.2, -0.15) is 0 Å². The Balaban J connectivity index is 1.65. The van der Waals surface area contributed by atoms with Crippen molar-refractivity contribution >= 4 is 5.69 Å². The van der Waals surface area contributed by atoms with Crippen LogP contribution in [0.4, 0.5) is 5.69 Å². The van der Waals surface area contributed by atoms with Gasteiger partial charge >= 0.3 is 0 Å². The van der Waals surface area contributed by atoms with Gasteiger partial charge in [-0.15, -0.1) is 0 Å². The maximum absolute atomic E-state index is 2.61. The van der Waals surface area contributed by atoms with Crippen LogP contribution in [-0.4, -0.2) is 17.6 Å². The second kappa shape index (κ2) is 17.2. The van der Waals surface area contributed by atoms with Crippen LogP contribution in [0.3, 0.4) is 0 Å². The van der Waals surface area contributed by atoms with Crippen LogP contribution in [0.2, 0.25) is 0 Å². The van der Waals surface area contributed by atoms with E-state index in [9.17, 15) is 0 Å². The molecule has 2 rings (SSSR count). The summed E-state index contributed by atoms with van der Waals surface area (Å²) in [5.74, 6) is 0. The number of rotatable bonds is 19. The van der Waals surface area contributed by atoms with E-state index in [0.717, 1.165) is 0 Å². The summed E-state index contributed by atoms with van der Waals surface area (Å²) in [6, 6.07) is 10.9. The molecule has 0 spiro atoms. The molecule has 0 fully saturated rings. The summed E-state index contributed by atoms with van der Waals surface area (Å²) in [7, 11) is 0. The molecule has 0 saturated heterocycles. The van der Waals surface area contributed by atoms with Crippen LogP contribution in [0.25, 0.3) is 0 Å². The van der Waals surface area contributed by atoms with Crippen LogP contribution in [0.5, 0.6) is 0 Å². The van der Waals surface area contributed by atoms with Crippen molar-refractivity contribution in [2.24, 2.45) is 0 Å². The maximum Gasteiger partial charge on any atom is 0.105 e. The van der Waals surface area contributed by atoms with Crippen LogP contribution < -0.4 is 4.90 Å². The fraction of sp³-hybridized carbons (Fsp3) is 0.724. The first-order chi connectivity index (χ1) is 15.4. The Morgan fingerprint density at radius 1 is 0.581 bits per heavy atom. The molecule has 0 N–H and O–H groups in total. The third kappa shape index (κ3) is 10.6. The van der Waals surface area contributed by atoms with E-state index in [4.69, 9.17) is 0 Å². The molecule has 176 valence electrons.